The minimum Gasteiger partial charge on any atom is -0.379 e. The molecule has 0 unspecified atom stereocenters. The van der Waals surface area contributed by atoms with E-state index >= 15 is 0 Å². The van der Waals surface area contributed by atoms with Crippen LogP contribution in [0.4, 0.5) is 0 Å². The van der Waals surface area contributed by atoms with Crippen LogP contribution in [0, 0.1) is 0 Å². The van der Waals surface area contributed by atoms with E-state index in [1.165, 1.54) is 0 Å². The van der Waals surface area contributed by atoms with Gasteiger partial charge < -0.3 is 34.7 Å². The Morgan fingerprint density at radius 3 is 1.91 bits per heavy atom. The van der Waals surface area contributed by atoms with Gasteiger partial charge in [-0.15, -0.1) is 0 Å². The van der Waals surface area contributed by atoms with E-state index in [1.54, 1.807) is 0 Å². The average Bonchev–Trinajstić information content (AvgIpc) is 2.81. The highest BCUT2D eigenvalue weighted by molar-refractivity contribution is 5.81. The average molecular weight is 454 g/mol. The van der Waals surface area contributed by atoms with Crippen LogP contribution in [0.15, 0.2) is 35.4 Å². The monoisotopic (exact) mass is 453 g/mol. The smallest absolute Gasteiger partial charge is 0.237 e. The number of carbonyl (C=O) groups is 1. The summed E-state index contributed by atoms with van der Waals surface area (Å²) in [5.74, 6) is -0.187. The van der Waals surface area contributed by atoms with E-state index in [1.807, 2.05) is 30.3 Å². The summed E-state index contributed by atoms with van der Waals surface area (Å²) in [6, 6.07) is 9.10. The predicted molar refractivity (Wildman–Crippen MR) is 119 cm³/mol. The zero-order valence-electron chi connectivity index (χ0n) is 18.5. The second kappa shape index (κ2) is 20.7. The molecule has 1 atom stereocenters. The molecule has 1 rings (SSSR count). The number of carbonyl (C=O) groups excluding carboxylic acids is 1. The Kier molecular flexibility index (Phi) is 17.9. The van der Waals surface area contributed by atoms with Gasteiger partial charge in [0, 0.05) is 18.0 Å². The van der Waals surface area contributed by atoms with Crippen LogP contribution in [-0.2, 0) is 34.9 Å². The standard InChI is InChI=1S/C21H35N5O6/c22-20(18-19-4-2-1-3-5-19)21(27)24-6-8-28-10-12-30-14-16-32-17-15-31-13-11-29-9-7-25-26-23/h1-5,20H,6-18,22H2,(H,24,27)/t20-/m0/s1. The number of azide groups is 1. The molecule has 0 heterocycles. The Morgan fingerprint density at radius 2 is 1.38 bits per heavy atom. The third-order valence-corrected chi connectivity index (χ3v) is 4.07. The van der Waals surface area contributed by atoms with E-state index in [-0.39, 0.29) is 5.91 Å². The fraction of sp³-hybridized carbons (Fsp3) is 0.667. The topological polar surface area (TPSA) is 150 Å². The molecule has 1 amide bonds. The van der Waals surface area contributed by atoms with Gasteiger partial charge in [0.15, 0.2) is 0 Å². The molecule has 180 valence electrons. The lowest BCUT2D eigenvalue weighted by Crippen LogP contribution is -2.43. The van der Waals surface area contributed by atoms with Crippen LogP contribution < -0.4 is 11.1 Å². The molecule has 3 N–H and O–H groups in total. The van der Waals surface area contributed by atoms with Gasteiger partial charge in [-0.25, -0.2) is 0 Å². The van der Waals surface area contributed by atoms with Crippen molar-refractivity contribution in [2.75, 3.05) is 79.2 Å². The maximum absolute atomic E-state index is 12.0. The maximum atomic E-state index is 12.0. The van der Waals surface area contributed by atoms with Gasteiger partial charge in [-0.3, -0.25) is 4.79 Å². The summed E-state index contributed by atoms with van der Waals surface area (Å²) in [7, 11) is 0. The number of benzene rings is 1. The Morgan fingerprint density at radius 1 is 0.875 bits per heavy atom. The van der Waals surface area contributed by atoms with Crippen molar-refractivity contribution in [1.82, 2.24) is 5.32 Å². The van der Waals surface area contributed by atoms with Crippen molar-refractivity contribution in [3.05, 3.63) is 46.3 Å². The summed E-state index contributed by atoms with van der Waals surface area (Å²) in [6.07, 6.45) is 0.504. The highest BCUT2D eigenvalue weighted by Gasteiger charge is 2.13. The molecular weight excluding hydrogens is 418 g/mol. The molecule has 0 aliphatic rings. The van der Waals surface area contributed by atoms with Crippen LogP contribution in [0.3, 0.4) is 0 Å². The molecule has 0 saturated carbocycles. The number of hydrogen-bond donors (Lipinski definition) is 2. The van der Waals surface area contributed by atoms with E-state index < -0.39 is 6.04 Å². The molecule has 0 aliphatic carbocycles. The van der Waals surface area contributed by atoms with Gasteiger partial charge in [0.05, 0.1) is 72.1 Å². The molecule has 1 aromatic rings. The number of nitrogens with two attached hydrogens (primary N) is 1. The summed E-state index contributed by atoms with van der Waals surface area (Å²) in [5, 5.41) is 6.13. The first-order valence-electron chi connectivity index (χ1n) is 10.7. The minimum atomic E-state index is -0.574. The minimum absolute atomic E-state index is 0.187. The second-order valence-electron chi connectivity index (χ2n) is 6.60. The van der Waals surface area contributed by atoms with Crippen LogP contribution in [-0.4, -0.2) is 91.1 Å². The lowest BCUT2D eigenvalue weighted by molar-refractivity contribution is -0.122. The molecule has 11 nitrogen and oxygen atoms in total. The number of nitrogens with one attached hydrogen (secondary N) is 1. The Bertz CT molecular complexity index is 630. The summed E-state index contributed by atoms with van der Waals surface area (Å²) in [5.41, 5.74) is 15.1. The quantitative estimate of drug-likeness (QED) is 0.122. The van der Waals surface area contributed by atoms with E-state index in [0.717, 1.165) is 5.56 Å². The molecule has 0 aromatic heterocycles. The third-order valence-electron chi connectivity index (χ3n) is 4.07. The first kappa shape index (κ1) is 27.8. The summed E-state index contributed by atoms with van der Waals surface area (Å²) < 4.78 is 26.7. The van der Waals surface area contributed by atoms with E-state index in [2.05, 4.69) is 15.3 Å². The number of nitrogens with zero attached hydrogens (tertiary/aromatic N) is 3. The van der Waals surface area contributed by atoms with Crippen LogP contribution in [0.2, 0.25) is 0 Å². The van der Waals surface area contributed by atoms with Crippen molar-refractivity contribution in [3.8, 4) is 0 Å². The number of rotatable bonds is 21. The van der Waals surface area contributed by atoms with Crippen LogP contribution in [0.5, 0.6) is 0 Å². The number of ether oxygens (including phenoxy) is 5. The molecule has 0 spiro atoms. The molecule has 0 saturated heterocycles. The SMILES string of the molecule is [N-]=[N+]=NCCOCCOCCOCCOCCOCCNC(=O)[C@@H](N)Cc1ccccc1. The molecule has 0 aliphatic heterocycles. The van der Waals surface area contributed by atoms with Crippen LogP contribution in [0.25, 0.3) is 10.4 Å². The van der Waals surface area contributed by atoms with Crippen LogP contribution >= 0.6 is 0 Å². The Balaban J connectivity index is 1.79. The predicted octanol–water partition coefficient (Wildman–Crippen LogP) is 1.07. The highest BCUT2D eigenvalue weighted by Crippen LogP contribution is 2.01. The third kappa shape index (κ3) is 16.5. The zero-order chi connectivity index (χ0) is 23.1. The summed E-state index contributed by atoms with van der Waals surface area (Å²) >= 11 is 0. The Labute approximate surface area is 189 Å². The van der Waals surface area contributed by atoms with Gasteiger partial charge in [0.1, 0.15) is 0 Å². The van der Waals surface area contributed by atoms with E-state index in [0.29, 0.717) is 85.6 Å². The fourth-order valence-corrected chi connectivity index (χ4v) is 2.47. The zero-order valence-corrected chi connectivity index (χ0v) is 18.5. The van der Waals surface area contributed by atoms with Crippen molar-refractivity contribution in [1.29, 1.82) is 0 Å². The van der Waals surface area contributed by atoms with Crippen molar-refractivity contribution in [3.63, 3.8) is 0 Å². The fourth-order valence-electron chi connectivity index (χ4n) is 2.47. The first-order valence-corrected chi connectivity index (χ1v) is 10.7. The normalized spacial score (nSPS) is 11.7. The van der Waals surface area contributed by atoms with Gasteiger partial charge in [-0.2, -0.15) is 0 Å². The first-order chi connectivity index (χ1) is 15.7. The lowest BCUT2D eigenvalue weighted by Gasteiger charge is -2.12. The molecule has 0 fully saturated rings. The molecular formula is C21H35N5O6. The van der Waals surface area contributed by atoms with Crippen molar-refractivity contribution in [2.45, 2.75) is 12.5 Å². The Hall–Kier alpha value is -2.24. The van der Waals surface area contributed by atoms with Gasteiger partial charge in [0.2, 0.25) is 5.91 Å². The maximum Gasteiger partial charge on any atom is 0.237 e. The van der Waals surface area contributed by atoms with E-state index in [9.17, 15) is 4.79 Å². The molecule has 0 bridgehead atoms. The second-order valence-corrected chi connectivity index (χ2v) is 6.60. The van der Waals surface area contributed by atoms with Crippen LogP contribution in [0.1, 0.15) is 5.56 Å². The number of hydrogen-bond acceptors (Lipinski definition) is 8. The lowest BCUT2D eigenvalue weighted by atomic mass is 10.1. The highest BCUT2D eigenvalue weighted by atomic mass is 16.6. The number of amides is 1. The molecule has 1 aromatic carbocycles. The summed E-state index contributed by atoms with van der Waals surface area (Å²) in [4.78, 5) is 14.6. The van der Waals surface area contributed by atoms with Crippen molar-refractivity contribution >= 4 is 5.91 Å². The van der Waals surface area contributed by atoms with Gasteiger partial charge in [0.25, 0.3) is 0 Å². The van der Waals surface area contributed by atoms with E-state index in [4.69, 9.17) is 34.9 Å². The van der Waals surface area contributed by atoms with Crippen molar-refractivity contribution in [2.24, 2.45) is 10.8 Å². The molecule has 32 heavy (non-hydrogen) atoms. The molecule has 11 heteroatoms. The van der Waals surface area contributed by atoms with Crippen molar-refractivity contribution < 1.29 is 28.5 Å². The summed E-state index contributed by atoms with van der Waals surface area (Å²) in [6.45, 7) is 5.23. The largest absolute Gasteiger partial charge is 0.379 e. The van der Waals surface area contributed by atoms with Gasteiger partial charge in [-0.1, -0.05) is 35.4 Å². The van der Waals surface area contributed by atoms with Gasteiger partial charge in [-0.05, 0) is 17.5 Å². The van der Waals surface area contributed by atoms with Gasteiger partial charge >= 0.3 is 0 Å². The molecule has 0 radical (unpaired) electrons.